The molecule has 1 aliphatic rings. The average molecular weight is 637 g/mol. The number of para-hydroxylation sites is 1. The SMILES string of the molecule is C1=CC(c2ccc3oc4ccccc4c3c2)Cc2c1n(Cc1ccccc1)c1c(-c3ccccc3)nccc21.CN=C(N)c1ccccc1. The van der Waals surface area contributed by atoms with Crippen molar-refractivity contribution in [3.8, 4) is 11.3 Å². The van der Waals surface area contributed by atoms with E-state index in [2.05, 4.69) is 119 Å². The molecule has 3 heterocycles. The van der Waals surface area contributed by atoms with Gasteiger partial charge in [0.05, 0.1) is 11.2 Å². The molecule has 0 amide bonds. The Morgan fingerprint density at radius 3 is 2.24 bits per heavy atom. The fourth-order valence-corrected chi connectivity index (χ4v) is 6.97. The number of hydrogen-bond donors (Lipinski definition) is 1. The van der Waals surface area contributed by atoms with Crippen LogP contribution in [0.3, 0.4) is 0 Å². The topological polar surface area (TPSA) is 69.3 Å². The lowest BCUT2D eigenvalue weighted by Crippen LogP contribution is -2.12. The van der Waals surface area contributed by atoms with E-state index in [1.807, 2.05) is 48.7 Å². The number of aromatic nitrogens is 2. The predicted octanol–water partition coefficient (Wildman–Crippen LogP) is 10.0. The fourth-order valence-electron chi connectivity index (χ4n) is 6.97. The fraction of sp³-hybridized carbons (Fsp3) is 0.0909. The van der Waals surface area contributed by atoms with Gasteiger partial charge in [0, 0.05) is 58.7 Å². The Hall–Kier alpha value is -6.20. The van der Waals surface area contributed by atoms with Crippen LogP contribution in [-0.4, -0.2) is 22.4 Å². The summed E-state index contributed by atoms with van der Waals surface area (Å²) in [5, 5.41) is 3.65. The van der Waals surface area contributed by atoms with Crippen LogP contribution in [0.2, 0.25) is 0 Å². The minimum Gasteiger partial charge on any atom is -0.456 e. The van der Waals surface area contributed by atoms with Crippen LogP contribution in [0.25, 0.3) is 50.2 Å². The molecule has 0 saturated heterocycles. The zero-order chi connectivity index (χ0) is 33.2. The zero-order valence-corrected chi connectivity index (χ0v) is 27.3. The van der Waals surface area contributed by atoms with Crippen LogP contribution in [0.15, 0.2) is 161 Å². The molecule has 2 N–H and O–H groups in total. The van der Waals surface area contributed by atoms with Crippen molar-refractivity contribution in [3.63, 3.8) is 0 Å². The maximum absolute atomic E-state index is 6.10. The molecular weight excluding hydrogens is 601 g/mol. The van der Waals surface area contributed by atoms with Gasteiger partial charge in [-0.1, -0.05) is 121 Å². The number of fused-ring (bicyclic) bond motifs is 6. The molecule has 3 aromatic heterocycles. The third-order valence-electron chi connectivity index (χ3n) is 9.40. The van der Waals surface area contributed by atoms with Gasteiger partial charge < -0.3 is 14.7 Å². The number of nitrogens with zero attached hydrogens (tertiary/aromatic N) is 3. The highest BCUT2D eigenvalue weighted by molar-refractivity contribution is 6.05. The van der Waals surface area contributed by atoms with Crippen molar-refractivity contribution >= 4 is 44.8 Å². The first-order valence-electron chi connectivity index (χ1n) is 16.6. The maximum Gasteiger partial charge on any atom is 0.135 e. The molecule has 0 radical (unpaired) electrons. The number of hydrogen-bond acceptors (Lipinski definition) is 3. The highest BCUT2D eigenvalue weighted by Gasteiger charge is 2.25. The minimum absolute atomic E-state index is 0.291. The molecule has 0 bridgehead atoms. The lowest BCUT2D eigenvalue weighted by atomic mass is 9.86. The lowest BCUT2D eigenvalue weighted by Gasteiger charge is -2.19. The smallest absolute Gasteiger partial charge is 0.135 e. The van der Waals surface area contributed by atoms with Gasteiger partial charge in [0.25, 0.3) is 0 Å². The second kappa shape index (κ2) is 13.1. The van der Waals surface area contributed by atoms with Gasteiger partial charge in [0.1, 0.15) is 17.0 Å². The molecule has 1 unspecified atom stereocenters. The van der Waals surface area contributed by atoms with E-state index < -0.39 is 0 Å². The van der Waals surface area contributed by atoms with Gasteiger partial charge >= 0.3 is 0 Å². The molecular formula is C44H36N4O. The van der Waals surface area contributed by atoms with Gasteiger partial charge in [-0.05, 0) is 53.5 Å². The van der Waals surface area contributed by atoms with E-state index in [4.69, 9.17) is 15.1 Å². The minimum atomic E-state index is 0.291. The molecule has 238 valence electrons. The summed E-state index contributed by atoms with van der Waals surface area (Å²) in [5.74, 6) is 0.875. The van der Waals surface area contributed by atoms with Crippen LogP contribution in [0.4, 0.5) is 0 Å². The summed E-state index contributed by atoms with van der Waals surface area (Å²) in [5.41, 5.74) is 17.1. The Morgan fingerprint density at radius 2 is 1.47 bits per heavy atom. The highest BCUT2D eigenvalue weighted by atomic mass is 16.3. The summed E-state index contributed by atoms with van der Waals surface area (Å²) in [6.45, 7) is 0.806. The Morgan fingerprint density at radius 1 is 0.776 bits per heavy atom. The third-order valence-corrected chi connectivity index (χ3v) is 9.40. The first-order valence-corrected chi connectivity index (χ1v) is 16.6. The van der Waals surface area contributed by atoms with Crippen LogP contribution < -0.4 is 5.73 Å². The van der Waals surface area contributed by atoms with Crippen LogP contribution >= 0.6 is 0 Å². The van der Waals surface area contributed by atoms with Gasteiger partial charge in [-0.2, -0.15) is 0 Å². The van der Waals surface area contributed by atoms with E-state index in [0.29, 0.717) is 11.8 Å². The van der Waals surface area contributed by atoms with E-state index in [-0.39, 0.29) is 0 Å². The van der Waals surface area contributed by atoms with Crippen molar-refractivity contribution in [2.24, 2.45) is 10.7 Å². The van der Waals surface area contributed by atoms with Crippen LogP contribution in [-0.2, 0) is 13.0 Å². The predicted molar refractivity (Wildman–Crippen MR) is 203 cm³/mol. The number of aliphatic imine (C=N–C) groups is 1. The van der Waals surface area contributed by atoms with Gasteiger partial charge in [0.15, 0.2) is 0 Å². The van der Waals surface area contributed by atoms with Crippen molar-refractivity contribution in [1.29, 1.82) is 0 Å². The Bertz CT molecular complexity index is 2460. The second-order valence-electron chi connectivity index (χ2n) is 12.4. The van der Waals surface area contributed by atoms with Gasteiger partial charge in [-0.15, -0.1) is 0 Å². The number of benzene rings is 5. The van der Waals surface area contributed by atoms with Crippen molar-refractivity contribution in [2.75, 3.05) is 7.05 Å². The summed E-state index contributed by atoms with van der Waals surface area (Å²) in [7, 11) is 1.68. The second-order valence-corrected chi connectivity index (χ2v) is 12.4. The molecule has 0 saturated carbocycles. The van der Waals surface area contributed by atoms with E-state index >= 15 is 0 Å². The van der Waals surface area contributed by atoms with Crippen LogP contribution in [0.5, 0.6) is 0 Å². The van der Waals surface area contributed by atoms with Gasteiger partial charge in [-0.3, -0.25) is 9.98 Å². The highest BCUT2D eigenvalue weighted by Crippen LogP contribution is 2.41. The van der Waals surface area contributed by atoms with E-state index in [1.54, 1.807) is 7.05 Å². The summed E-state index contributed by atoms with van der Waals surface area (Å²) < 4.78 is 8.56. The van der Waals surface area contributed by atoms with Crippen molar-refractivity contribution < 1.29 is 4.42 Å². The molecule has 5 nitrogen and oxygen atoms in total. The summed E-state index contributed by atoms with van der Waals surface area (Å²) in [6.07, 6.45) is 7.62. The molecule has 1 atom stereocenters. The van der Waals surface area contributed by atoms with Crippen LogP contribution in [0.1, 0.15) is 33.9 Å². The Balaban J connectivity index is 0.000000302. The number of pyridine rings is 1. The first-order chi connectivity index (χ1) is 24.2. The van der Waals surface area contributed by atoms with Gasteiger partial charge in [-0.25, -0.2) is 0 Å². The molecule has 1 aliphatic carbocycles. The number of nitrogens with two attached hydrogens (primary N) is 1. The Kier molecular flexibility index (Phi) is 8.08. The number of allylic oxidation sites excluding steroid dienone is 1. The molecule has 8 aromatic rings. The third kappa shape index (κ3) is 5.80. The quantitative estimate of drug-likeness (QED) is 0.151. The molecule has 5 aromatic carbocycles. The summed E-state index contributed by atoms with van der Waals surface area (Å²) in [6, 6.07) is 48.1. The van der Waals surface area contributed by atoms with E-state index in [0.717, 1.165) is 41.0 Å². The largest absolute Gasteiger partial charge is 0.456 e. The number of amidine groups is 1. The van der Waals surface area contributed by atoms with Crippen molar-refractivity contribution in [1.82, 2.24) is 9.55 Å². The van der Waals surface area contributed by atoms with Crippen molar-refractivity contribution in [3.05, 3.63) is 180 Å². The maximum atomic E-state index is 6.10. The van der Waals surface area contributed by atoms with Crippen LogP contribution in [0, 0.1) is 0 Å². The summed E-state index contributed by atoms with van der Waals surface area (Å²) >= 11 is 0. The average Bonchev–Trinajstić information content (AvgIpc) is 3.70. The summed E-state index contributed by atoms with van der Waals surface area (Å²) in [4.78, 5) is 8.76. The molecule has 9 rings (SSSR count). The van der Waals surface area contributed by atoms with Gasteiger partial charge in [0.2, 0.25) is 0 Å². The molecule has 49 heavy (non-hydrogen) atoms. The first kappa shape index (κ1) is 30.2. The normalized spacial score (nSPS) is 14.1. The standard InChI is InChI=1S/C36H26N2O.C8H10N2/c1-3-9-24(10-4-1)23-38-32-17-15-26(27-16-18-34-31(22-27)28-13-7-8-14-33(28)39-34)21-30(32)29-19-20-37-35(36(29)38)25-11-5-2-6-12-25;1-10-8(9)7-5-3-2-4-6-7/h1-20,22,26H,21,23H2;2-6H,1H3,(H2,9,10). The Labute approximate surface area is 285 Å². The van der Waals surface area contributed by atoms with E-state index in [1.165, 1.54) is 44.1 Å². The molecule has 5 heteroatoms. The zero-order valence-electron chi connectivity index (χ0n) is 27.3. The number of furan rings is 1. The van der Waals surface area contributed by atoms with E-state index in [9.17, 15) is 0 Å². The molecule has 0 fully saturated rings. The molecule has 0 aliphatic heterocycles. The lowest BCUT2D eigenvalue weighted by molar-refractivity contribution is 0.668. The van der Waals surface area contributed by atoms with Crippen molar-refractivity contribution in [2.45, 2.75) is 18.9 Å². The molecule has 0 spiro atoms. The monoisotopic (exact) mass is 636 g/mol. The number of rotatable bonds is 5.